The Labute approximate surface area is 176 Å². The van der Waals surface area contributed by atoms with Gasteiger partial charge in [0.25, 0.3) is 0 Å². The molecule has 0 radical (unpaired) electrons. The summed E-state index contributed by atoms with van der Waals surface area (Å²) >= 11 is 0. The van der Waals surface area contributed by atoms with Crippen LogP contribution in [0.3, 0.4) is 0 Å². The Hall–Kier alpha value is -2.00. The smallest absolute Gasteiger partial charge is 0.161 e. The van der Waals surface area contributed by atoms with Crippen LogP contribution in [0.15, 0.2) is 48.5 Å². The SMILES string of the molecule is Cc1ccc(O[C@H]2C[C@H]3CCC[C@@H](C2)N3Cc2ccccc2)c(OCC(C)C)c1. The van der Waals surface area contributed by atoms with E-state index in [2.05, 4.69) is 74.2 Å². The zero-order valence-electron chi connectivity index (χ0n) is 18.1. The van der Waals surface area contributed by atoms with Crippen molar-refractivity contribution in [3.63, 3.8) is 0 Å². The van der Waals surface area contributed by atoms with E-state index in [1.807, 2.05) is 0 Å². The molecule has 4 rings (SSSR count). The van der Waals surface area contributed by atoms with E-state index < -0.39 is 0 Å². The van der Waals surface area contributed by atoms with Crippen molar-refractivity contribution in [1.82, 2.24) is 4.90 Å². The van der Waals surface area contributed by atoms with Crippen LogP contribution in [-0.2, 0) is 6.54 Å². The van der Waals surface area contributed by atoms with Crippen LogP contribution in [0.25, 0.3) is 0 Å². The Bertz CT molecular complexity index is 775. The molecule has 156 valence electrons. The van der Waals surface area contributed by atoms with Crippen molar-refractivity contribution in [2.45, 2.75) is 77.6 Å². The fourth-order valence-electron chi connectivity index (χ4n) is 4.84. The Balaban J connectivity index is 1.44. The van der Waals surface area contributed by atoms with Gasteiger partial charge in [-0.3, -0.25) is 4.90 Å². The highest BCUT2D eigenvalue weighted by Crippen LogP contribution is 2.38. The summed E-state index contributed by atoms with van der Waals surface area (Å²) in [5.41, 5.74) is 2.64. The molecule has 0 saturated carbocycles. The molecule has 0 aromatic heterocycles. The van der Waals surface area contributed by atoms with Crippen molar-refractivity contribution in [3.8, 4) is 11.5 Å². The highest BCUT2D eigenvalue weighted by Gasteiger charge is 2.39. The van der Waals surface area contributed by atoms with Crippen molar-refractivity contribution >= 4 is 0 Å². The second-order valence-electron chi connectivity index (χ2n) is 9.26. The van der Waals surface area contributed by atoms with E-state index in [1.54, 1.807) is 0 Å². The first-order valence-corrected chi connectivity index (χ1v) is 11.3. The van der Waals surface area contributed by atoms with Crippen molar-refractivity contribution in [2.75, 3.05) is 6.61 Å². The first kappa shape index (κ1) is 20.3. The maximum absolute atomic E-state index is 6.56. The molecule has 2 aliphatic rings. The van der Waals surface area contributed by atoms with Crippen molar-refractivity contribution in [3.05, 3.63) is 59.7 Å². The lowest BCUT2D eigenvalue weighted by Crippen LogP contribution is -2.53. The molecule has 0 spiro atoms. The van der Waals surface area contributed by atoms with Gasteiger partial charge in [0.15, 0.2) is 11.5 Å². The molecule has 2 heterocycles. The van der Waals surface area contributed by atoms with Crippen LogP contribution in [0.4, 0.5) is 0 Å². The number of aryl methyl sites for hydroxylation is 1. The number of hydrogen-bond donors (Lipinski definition) is 0. The number of piperidine rings is 2. The zero-order chi connectivity index (χ0) is 20.2. The van der Waals surface area contributed by atoms with Crippen LogP contribution in [0.2, 0.25) is 0 Å². The van der Waals surface area contributed by atoms with E-state index in [9.17, 15) is 0 Å². The number of ether oxygens (including phenoxy) is 2. The van der Waals surface area contributed by atoms with Crippen LogP contribution < -0.4 is 9.47 Å². The van der Waals surface area contributed by atoms with E-state index in [-0.39, 0.29) is 6.10 Å². The molecule has 3 heteroatoms. The van der Waals surface area contributed by atoms with Gasteiger partial charge >= 0.3 is 0 Å². The molecule has 3 nitrogen and oxygen atoms in total. The third kappa shape index (κ3) is 5.14. The minimum Gasteiger partial charge on any atom is -0.489 e. The largest absolute Gasteiger partial charge is 0.489 e. The summed E-state index contributed by atoms with van der Waals surface area (Å²) in [6.45, 7) is 8.26. The molecule has 29 heavy (non-hydrogen) atoms. The molecule has 2 bridgehead atoms. The molecule has 2 aromatic rings. The number of nitrogens with zero attached hydrogens (tertiary/aromatic N) is 1. The highest BCUT2D eigenvalue weighted by molar-refractivity contribution is 5.42. The maximum Gasteiger partial charge on any atom is 0.161 e. The lowest BCUT2D eigenvalue weighted by atomic mass is 9.82. The summed E-state index contributed by atoms with van der Waals surface area (Å²) in [6.07, 6.45) is 6.42. The van der Waals surface area contributed by atoms with Crippen LogP contribution in [-0.4, -0.2) is 29.7 Å². The Morgan fingerprint density at radius 3 is 2.38 bits per heavy atom. The van der Waals surface area contributed by atoms with Gasteiger partial charge in [-0.25, -0.2) is 0 Å². The summed E-state index contributed by atoms with van der Waals surface area (Å²) in [6, 6.07) is 18.5. The molecule has 0 amide bonds. The van der Waals surface area contributed by atoms with Crippen LogP contribution in [0.5, 0.6) is 11.5 Å². The molecule has 2 fully saturated rings. The lowest BCUT2D eigenvalue weighted by molar-refractivity contribution is -0.0229. The molecule has 3 atom stereocenters. The number of rotatable bonds is 7. The van der Waals surface area contributed by atoms with Gasteiger partial charge in [-0.1, -0.05) is 56.7 Å². The van der Waals surface area contributed by atoms with Crippen molar-refractivity contribution in [2.24, 2.45) is 5.92 Å². The molecular formula is C26H35NO2. The molecule has 0 N–H and O–H groups in total. The first-order chi connectivity index (χ1) is 14.1. The molecule has 2 aromatic carbocycles. The number of hydrogen-bond acceptors (Lipinski definition) is 3. The second kappa shape index (κ2) is 9.21. The molecule has 0 unspecified atom stereocenters. The van der Waals surface area contributed by atoms with Gasteiger partial charge in [0.2, 0.25) is 0 Å². The Kier molecular flexibility index (Phi) is 6.44. The predicted octanol–water partition coefficient (Wildman–Crippen LogP) is 5.99. The zero-order valence-corrected chi connectivity index (χ0v) is 18.1. The minimum absolute atomic E-state index is 0.279. The monoisotopic (exact) mass is 393 g/mol. The Morgan fingerprint density at radius 2 is 1.69 bits per heavy atom. The summed E-state index contributed by atoms with van der Waals surface area (Å²) in [4.78, 5) is 2.74. The van der Waals surface area contributed by atoms with Gasteiger partial charge in [0, 0.05) is 18.6 Å². The van der Waals surface area contributed by atoms with Crippen LogP contribution in [0.1, 0.15) is 57.1 Å². The van der Waals surface area contributed by atoms with Crippen molar-refractivity contribution in [1.29, 1.82) is 0 Å². The fraction of sp³-hybridized carbons (Fsp3) is 0.538. The average molecular weight is 394 g/mol. The third-order valence-corrected chi connectivity index (χ3v) is 6.26. The lowest BCUT2D eigenvalue weighted by Gasteiger charge is -2.48. The van der Waals surface area contributed by atoms with Gasteiger partial charge in [0.05, 0.1) is 6.61 Å². The minimum atomic E-state index is 0.279. The quantitative estimate of drug-likeness (QED) is 0.576. The third-order valence-electron chi connectivity index (χ3n) is 6.26. The summed E-state index contributed by atoms with van der Waals surface area (Å²) in [5, 5.41) is 0. The summed E-state index contributed by atoms with van der Waals surface area (Å²) < 4.78 is 12.6. The van der Waals surface area contributed by atoms with E-state index in [1.165, 1.54) is 30.4 Å². The van der Waals surface area contributed by atoms with Gasteiger partial charge in [0.1, 0.15) is 6.10 Å². The van der Waals surface area contributed by atoms with E-state index in [4.69, 9.17) is 9.47 Å². The van der Waals surface area contributed by atoms with Gasteiger partial charge < -0.3 is 9.47 Å². The average Bonchev–Trinajstić information content (AvgIpc) is 2.69. The number of fused-ring (bicyclic) bond motifs is 2. The Morgan fingerprint density at radius 1 is 0.966 bits per heavy atom. The number of benzene rings is 2. The molecule has 0 aliphatic carbocycles. The topological polar surface area (TPSA) is 21.7 Å². The molecular weight excluding hydrogens is 358 g/mol. The predicted molar refractivity (Wildman–Crippen MR) is 119 cm³/mol. The van der Waals surface area contributed by atoms with Crippen LogP contribution >= 0.6 is 0 Å². The van der Waals surface area contributed by atoms with Crippen LogP contribution in [0, 0.1) is 12.8 Å². The highest BCUT2D eigenvalue weighted by atomic mass is 16.5. The maximum atomic E-state index is 6.56. The summed E-state index contributed by atoms with van der Waals surface area (Å²) in [7, 11) is 0. The fourth-order valence-corrected chi connectivity index (χ4v) is 4.84. The molecule has 2 saturated heterocycles. The van der Waals surface area contributed by atoms with Gasteiger partial charge in [-0.05, 0) is 61.8 Å². The summed E-state index contributed by atoms with van der Waals surface area (Å²) in [5.74, 6) is 2.32. The van der Waals surface area contributed by atoms with E-state index >= 15 is 0 Å². The second-order valence-corrected chi connectivity index (χ2v) is 9.26. The van der Waals surface area contributed by atoms with E-state index in [0.717, 1.165) is 37.5 Å². The van der Waals surface area contributed by atoms with E-state index in [0.29, 0.717) is 18.0 Å². The van der Waals surface area contributed by atoms with Gasteiger partial charge in [-0.2, -0.15) is 0 Å². The van der Waals surface area contributed by atoms with Crippen molar-refractivity contribution < 1.29 is 9.47 Å². The normalized spacial score (nSPS) is 24.5. The first-order valence-electron chi connectivity index (χ1n) is 11.3. The molecule has 2 aliphatic heterocycles. The van der Waals surface area contributed by atoms with Gasteiger partial charge in [-0.15, -0.1) is 0 Å². The standard InChI is InChI=1S/C26H35NO2/c1-19(2)18-28-26-14-20(3)12-13-25(26)29-24-15-22-10-7-11-23(16-24)27(22)17-21-8-5-4-6-9-21/h4-6,8-9,12-14,19,22-24H,7,10-11,15-18H2,1-3H3/t22-,23+,24+.